The van der Waals surface area contributed by atoms with Crippen LogP contribution in [0.3, 0.4) is 0 Å². The van der Waals surface area contributed by atoms with Crippen molar-refractivity contribution in [2.45, 2.75) is 69.3 Å². The first-order valence-electron chi connectivity index (χ1n) is 10.4. The van der Waals surface area contributed by atoms with Crippen molar-refractivity contribution in [1.82, 2.24) is 15.5 Å². The molecule has 3 rings (SSSR count). The smallest absolute Gasteiger partial charge is 0.326 e. The summed E-state index contributed by atoms with van der Waals surface area (Å²) in [7, 11) is 0. The number of carbonyl (C=O) groups is 4. The number of hydrogen-bond donors (Lipinski definition) is 3. The number of benzene rings is 1. The van der Waals surface area contributed by atoms with Crippen LogP contribution in [0.5, 0.6) is 0 Å². The number of carboxylic acids is 1. The van der Waals surface area contributed by atoms with Crippen molar-refractivity contribution < 1.29 is 24.3 Å². The van der Waals surface area contributed by atoms with E-state index in [-0.39, 0.29) is 23.6 Å². The van der Waals surface area contributed by atoms with Crippen LogP contribution < -0.4 is 10.6 Å². The van der Waals surface area contributed by atoms with Crippen LogP contribution in [0.1, 0.15) is 62.3 Å². The topological polar surface area (TPSA) is 116 Å². The molecule has 8 nitrogen and oxygen atoms in total. The van der Waals surface area contributed by atoms with Crippen LogP contribution in [0, 0.1) is 5.92 Å². The highest BCUT2D eigenvalue weighted by Crippen LogP contribution is 2.56. The minimum absolute atomic E-state index is 0.0855. The van der Waals surface area contributed by atoms with Crippen LogP contribution in [-0.2, 0) is 14.4 Å². The molecule has 1 aromatic carbocycles. The Balaban J connectivity index is 1.73. The van der Waals surface area contributed by atoms with E-state index in [2.05, 4.69) is 10.6 Å². The Labute approximate surface area is 186 Å². The fourth-order valence-corrected chi connectivity index (χ4v) is 5.74. The predicted octanol–water partition coefficient (Wildman–Crippen LogP) is 2.16. The molecule has 4 atom stereocenters. The second-order valence-corrected chi connectivity index (χ2v) is 10.8. The third-order valence-corrected chi connectivity index (χ3v) is 7.15. The molecule has 31 heavy (non-hydrogen) atoms. The molecule has 0 saturated carbocycles. The van der Waals surface area contributed by atoms with Gasteiger partial charge in [0.05, 0.1) is 0 Å². The number of nitrogens with zero attached hydrogens (tertiary/aromatic N) is 1. The van der Waals surface area contributed by atoms with Crippen molar-refractivity contribution in [2.24, 2.45) is 5.92 Å². The molecule has 1 aromatic rings. The Kier molecular flexibility index (Phi) is 6.36. The van der Waals surface area contributed by atoms with Crippen LogP contribution >= 0.6 is 11.8 Å². The van der Waals surface area contributed by atoms with E-state index in [1.54, 1.807) is 28.8 Å². The van der Waals surface area contributed by atoms with Gasteiger partial charge in [-0.1, -0.05) is 32.0 Å². The van der Waals surface area contributed by atoms with Crippen LogP contribution in [0.2, 0.25) is 0 Å². The van der Waals surface area contributed by atoms with Crippen LogP contribution in [-0.4, -0.2) is 56.6 Å². The van der Waals surface area contributed by atoms with Crippen molar-refractivity contribution in [3.8, 4) is 0 Å². The molecule has 0 aliphatic carbocycles. The molecule has 2 aliphatic heterocycles. The molecule has 0 aromatic heterocycles. The molecule has 3 amide bonds. The molecule has 2 heterocycles. The molecule has 0 spiro atoms. The molecule has 168 valence electrons. The third-order valence-electron chi connectivity index (χ3n) is 5.62. The number of nitrogens with one attached hydrogen (secondary N) is 2. The number of thioether (sulfide) groups is 1. The number of carbonyl (C=O) groups excluding carboxylic acids is 3. The van der Waals surface area contributed by atoms with Gasteiger partial charge in [0.25, 0.3) is 5.91 Å². The molecule has 1 fully saturated rings. The lowest BCUT2D eigenvalue weighted by Gasteiger charge is -2.30. The number of hydrogen-bond acceptors (Lipinski definition) is 5. The van der Waals surface area contributed by atoms with Gasteiger partial charge in [-0.3, -0.25) is 14.4 Å². The molecule has 1 unspecified atom stereocenters. The summed E-state index contributed by atoms with van der Waals surface area (Å²) < 4.78 is -0.560. The molecule has 1 saturated heterocycles. The van der Waals surface area contributed by atoms with Crippen molar-refractivity contribution in [3.05, 3.63) is 35.4 Å². The van der Waals surface area contributed by atoms with E-state index in [0.29, 0.717) is 5.56 Å². The van der Waals surface area contributed by atoms with Gasteiger partial charge in [0, 0.05) is 10.3 Å². The number of aliphatic carboxylic acids is 1. The Hall–Kier alpha value is -2.55. The zero-order chi connectivity index (χ0) is 23.1. The summed E-state index contributed by atoms with van der Waals surface area (Å²) in [4.78, 5) is 51.8. The fourth-order valence-electron chi connectivity index (χ4n) is 4.15. The highest BCUT2D eigenvalue weighted by molar-refractivity contribution is 8.01. The zero-order valence-electron chi connectivity index (χ0n) is 18.3. The Morgan fingerprint density at radius 1 is 1.16 bits per heavy atom. The van der Waals surface area contributed by atoms with E-state index in [9.17, 15) is 24.3 Å². The van der Waals surface area contributed by atoms with E-state index in [4.69, 9.17) is 0 Å². The zero-order valence-corrected chi connectivity index (χ0v) is 19.2. The van der Waals surface area contributed by atoms with Gasteiger partial charge in [-0.15, -0.1) is 11.8 Å². The Morgan fingerprint density at radius 3 is 2.42 bits per heavy atom. The second-order valence-electron chi connectivity index (χ2n) is 9.04. The average Bonchev–Trinajstić information content (AvgIpc) is 3.10. The van der Waals surface area contributed by atoms with Crippen molar-refractivity contribution in [2.75, 3.05) is 0 Å². The normalized spacial score (nSPS) is 23.2. The average molecular weight is 448 g/mol. The Morgan fingerprint density at radius 2 is 1.81 bits per heavy atom. The van der Waals surface area contributed by atoms with Crippen molar-refractivity contribution in [1.29, 1.82) is 0 Å². The first-order valence-corrected chi connectivity index (χ1v) is 11.2. The summed E-state index contributed by atoms with van der Waals surface area (Å²) in [6.07, 6.45) is 0.288. The number of amides is 3. The van der Waals surface area contributed by atoms with Crippen molar-refractivity contribution in [3.63, 3.8) is 0 Å². The van der Waals surface area contributed by atoms with E-state index in [1.807, 2.05) is 39.8 Å². The highest BCUT2D eigenvalue weighted by atomic mass is 32.2. The molecular weight excluding hydrogens is 418 g/mol. The van der Waals surface area contributed by atoms with E-state index < -0.39 is 40.7 Å². The summed E-state index contributed by atoms with van der Waals surface area (Å²) in [5, 5.41) is 14.3. The monoisotopic (exact) mass is 447 g/mol. The van der Waals surface area contributed by atoms with Gasteiger partial charge in [0.1, 0.15) is 23.5 Å². The minimum atomic E-state index is -1.11. The number of carboxylic acid groups (broad SMARTS) is 1. The largest absolute Gasteiger partial charge is 0.480 e. The van der Waals surface area contributed by atoms with Crippen LogP contribution in [0.4, 0.5) is 0 Å². The summed E-state index contributed by atoms with van der Waals surface area (Å²) >= 11 is 1.54. The summed E-state index contributed by atoms with van der Waals surface area (Å²) in [5.41, 5.74) is 1.49. The molecule has 0 bridgehead atoms. The maximum absolute atomic E-state index is 13.2. The second kappa shape index (κ2) is 8.53. The lowest BCUT2D eigenvalue weighted by atomic mass is 10.00. The standard InChI is InChI=1S/C22H29N3O5S/c1-11(2)10-15(21(29)30)24-17(26)12(3)23-18(27)16-22(4,5)31-20-14-9-7-6-8-13(14)19(28)25(16)20/h6-9,11-12,15-16,20H,10H2,1-5H3,(H,23,27)(H,24,26)(H,29,30)/t12-,15+,16+,20?/m0/s1. The van der Waals surface area contributed by atoms with Gasteiger partial charge in [0.2, 0.25) is 11.8 Å². The maximum Gasteiger partial charge on any atom is 0.326 e. The van der Waals surface area contributed by atoms with E-state index >= 15 is 0 Å². The summed E-state index contributed by atoms with van der Waals surface area (Å²) in [6.45, 7) is 9.06. The lowest BCUT2D eigenvalue weighted by molar-refractivity contribution is -0.142. The van der Waals surface area contributed by atoms with Gasteiger partial charge in [0.15, 0.2) is 0 Å². The van der Waals surface area contributed by atoms with Gasteiger partial charge in [-0.2, -0.15) is 0 Å². The van der Waals surface area contributed by atoms with E-state index in [1.165, 1.54) is 6.92 Å². The predicted molar refractivity (Wildman–Crippen MR) is 117 cm³/mol. The highest BCUT2D eigenvalue weighted by Gasteiger charge is 2.57. The molecule has 3 N–H and O–H groups in total. The van der Waals surface area contributed by atoms with E-state index in [0.717, 1.165) is 5.56 Å². The number of fused-ring (bicyclic) bond motifs is 3. The molecule has 0 radical (unpaired) electrons. The lowest BCUT2D eigenvalue weighted by Crippen LogP contribution is -2.57. The Bertz CT molecular complexity index is 916. The van der Waals surface area contributed by atoms with Crippen LogP contribution in [0.25, 0.3) is 0 Å². The molecule has 2 aliphatic rings. The third kappa shape index (κ3) is 4.42. The van der Waals surface area contributed by atoms with Crippen LogP contribution in [0.15, 0.2) is 24.3 Å². The van der Waals surface area contributed by atoms with Gasteiger partial charge in [-0.05, 0) is 44.7 Å². The van der Waals surface area contributed by atoms with Gasteiger partial charge >= 0.3 is 5.97 Å². The SMILES string of the molecule is CC(C)C[C@@H](NC(=O)[C@H](C)NC(=O)[C@H]1N2C(=O)c3ccccc3C2SC1(C)C)C(=O)O. The minimum Gasteiger partial charge on any atom is -0.480 e. The summed E-state index contributed by atoms with van der Waals surface area (Å²) in [6, 6.07) is 4.60. The first kappa shape index (κ1) is 23.1. The molecular formula is C22H29N3O5S. The first-order chi connectivity index (χ1) is 14.4. The molecule has 9 heteroatoms. The summed E-state index contributed by atoms with van der Waals surface area (Å²) in [5.74, 6) is -2.23. The fraction of sp³-hybridized carbons (Fsp3) is 0.545. The maximum atomic E-state index is 13.2. The number of rotatable bonds is 7. The quantitative estimate of drug-likeness (QED) is 0.590. The van der Waals surface area contributed by atoms with Gasteiger partial charge < -0.3 is 20.6 Å². The van der Waals surface area contributed by atoms with Crippen molar-refractivity contribution >= 4 is 35.5 Å². The van der Waals surface area contributed by atoms with Gasteiger partial charge in [-0.25, -0.2) is 4.79 Å².